The van der Waals surface area contributed by atoms with Crippen LogP contribution in [0.15, 0.2) is 18.2 Å². The van der Waals surface area contributed by atoms with Crippen molar-refractivity contribution in [3.05, 3.63) is 23.8 Å². The van der Waals surface area contributed by atoms with Crippen molar-refractivity contribution < 1.29 is 19.7 Å². The molecule has 1 aliphatic heterocycles. The summed E-state index contributed by atoms with van der Waals surface area (Å²) in [4.78, 5) is 14.0. The second-order valence-corrected chi connectivity index (χ2v) is 5.55. The number of rotatable bonds is 1. The first-order chi connectivity index (χ1) is 8.80. The van der Waals surface area contributed by atoms with Crippen LogP contribution in [0.1, 0.15) is 31.1 Å². The maximum absolute atomic E-state index is 12.4. The van der Waals surface area contributed by atoms with Crippen LogP contribution in [-0.4, -0.2) is 45.8 Å². The molecule has 1 aliphatic rings. The van der Waals surface area contributed by atoms with Crippen molar-refractivity contribution in [1.82, 2.24) is 4.90 Å². The normalized spacial score (nSPS) is 22.3. The Balaban J connectivity index is 2.26. The van der Waals surface area contributed by atoms with Crippen LogP contribution in [0.3, 0.4) is 0 Å². The molecule has 5 nitrogen and oxygen atoms in total. The van der Waals surface area contributed by atoms with E-state index in [1.807, 2.05) is 20.8 Å². The molecule has 1 unspecified atom stereocenters. The summed E-state index contributed by atoms with van der Waals surface area (Å²) in [6.07, 6.45) is -0.0628. The van der Waals surface area contributed by atoms with Gasteiger partial charge in [0.15, 0.2) is 11.5 Å². The van der Waals surface area contributed by atoms with Crippen molar-refractivity contribution in [2.45, 2.75) is 32.5 Å². The highest BCUT2D eigenvalue weighted by atomic mass is 16.5. The van der Waals surface area contributed by atoms with E-state index in [9.17, 15) is 15.0 Å². The number of benzene rings is 1. The third kappa shape index (κ3) is 2.81. The number of amides is 1. The van der Waals surface area contributed by atoms with Gasteiger partial charge in [0.1, 0.15) is 0 Å². The Bertz CT molecular complexity index is 498. The van der Waals surface area contributed by atoms with E-state index >= 15 is 0 Å². The fourth-order valence-corrected chi connectivity index (χ4v) is 2.48. The lowest BCUT2D eigenvalue weighted by Crippen LogP contribution is -2.53. The molecule has 0 aromatic heterocycles. The van der Waals surface area contributed by atoms with Crippen molar-refractivity contribution in [3.63, 3.8) is 0 Å². The summed E-state index contributed by atoms with van der Waals surface area (Å²) in [5.74, 6) is -0.951. The predicted molar refractivity (Wildman–Crippen MR) is 70.3 cm³/mol. The highest BCUT2D eigenvalue weighted by Crippen LogP contribution is 2.30. The Kier molecular flexibility index (Phi) is 3.41. The molecule has 0 bridgehead atoms. The number of morpholine rings is 1. The lowest BCUT2D eigenvalue weighted by Gasteiger charge is -2.41. The molecule has 2 N–H and O–H groups in total. The first-order valence-corrected chi connectivity index (χ1v) is 6.28. The van der Waals surface area contributed by atoms with Gasteiger partial charge in [-0.15, -0.1) is 0 Å². The quantitative estimate of drug-likeness (QED) is 0.759. The molecule has 1 fully saturated rings. The lowest BCUT2D eigenvalue weighted by molar-refractivity contribution is -0.118. The van der Waals surface area contributed by atoms with Crippen LogP contribution in [0.5, 0.6) is 11.5 Å². The summed E-state index contributed by atoms with van der Waals surface area (Å²) in [5, 5.41) is 19.2. The molecular formula is C14H19NO4. The van der Waals surface area contributed by atoms with Gasteiger partial charge >= 0.3 is 0 Å². The molecule has 1 aromatic carbocycles. The molecule has 0 spiro atoms. The molecule has 1 saturated heterocycles. The third-order valence-corrected chi connectivity index (χ3v) is 3.10. The molecule has 0 saturated carbocycles. The third-order valence-electron chi connectivity index (χ3n) is 3.10. The Labute approximate surface area is 112 Å². The Morgan fingerprint density at radius 3 is 2.74 bits per heavy atom. The second-order valence-electron chi connectivity index (χ2n) is 5.55. The summed E-state index contributed by atoms with van der Waals surface area (Å²) < 4.78 is 5.74. The molecule has 0 aliphatic carbocycles. The first-order valence-electron chi connectivity index (χ1n) is 6.28. The van der Waals surface area contributed by atoms with Crippen LogP contribution in [0.4, 0.5) is 0 Å². The summed E-state index contributed by atoms with van der Waals surface area (Å²) in [5.41, 5.74) is -0.301. The molecule has 1 heterocycles. The van der Waals surface area contributed by atoms with E-state index in [4.69, 9.17) is 4.74 Å². The molecule has 0 radical (unpaired) electrons. The molecule has 1 amide bonds. The monoisotopic (exact) mass is 265 g/mol. The van der Waals surface area contributed by atoms with Crippen molar-refractivity contribution >= 4 is 5.91 Å². The number of para-hydroxylation sites is 1. The van der Waals surface area contributed by atoms with E-state index in [1.165, 1.54) is 18.2 Å². The molecule has 1 aromatic rings. The number of carbonyl (C=O) groups is 1. The summed E-state index contributed by atoms with van der Waals surface area (Å²) >= 11 is 0. The van der Waals surface area contributed by atoms with Crippen molar-refractivity contribution in [2.24, 2.45) is 0 Å². The van der Waals surface area contributed by atoms with Gasteiger partial charge in [-0.1, -0.05) is 6.07 Å². The highest BCUT2D eigenvalue weighted by molar-refractivity contribution is 5.97. The number of carbonyl (C=O) groups excluding carboxylic acids is 1. The van der Waals surface area contributed by atoms with E-state index in [0.29, 0.717) is 13.1 Å². The zero-order valence-electron chi connectivity index (χ0n) is 11.4. The van der Waals surface area contributed by atoms with Crippen molar-refractivity contribution in [1.29, 1.82) is 0 Å². The number of phenolic OH excluding ortho intramolecular Hbond substituents is 2. The van der Waals surface area contributed by atoms with Crippen LogP contribution in [0, 0.1) is 0 Å². The fraction of sp³-hybridized carbons (Fsp3) is 0.500. The van der Waals surface area contributed by atoms with Crippen LogP contribution in [0.2, 0.25) is 0 Å². The molecule has 1 atom stereocenters. The fourth-order valence-electron chi connectivity index (χ4n) is 2.48. The van der Waals surface area contributed by atoms with Gasteiger partial charge in [-0.05, 0) is 32.9 Å². The van der Waals surface area contributed by atoms with Gasteiger partial charge in [-0.25, -0.2) is 0 Å². The Morgan fingerprint density at radius 2 is 2.11 bits per heavy atom. The van der Waals surface area contributed by atoms with Gasteiger partial charge in [0.2, 0.25) is 0 Å². The number of hydrogen-bond acceptors (Lipinski definition) is 4. The van der Waals surface area contributed by atoms with E-state index in [0.717, 1.165) is 0 Å². The minimum absolute atomic E-state index is 0.0628. The van der Waals surface area contributed by atoms with Crippen LogP contribution < -0.4 is 0 Å². The predicted octanol–water partition coefficient (Wildman–Crippen LogP) is 1.74. The van der Waals surface area contributed by atoms with E-state index in [-0.39, 0.29) is 29.1 Å². The number of hydrogen-bond donors (Lipinski definition) is 2. The summed E-state index contributed by atoms with van der Waals surface area (Å²) in [6, 6.07) is 4.39. The second kappa shape index (κ2) is 4.74. The van der Waals surface area contributed by atoms with Crippen LogP contribution >= 0.6 is 0 Å². The maximum Gasteiger partial charge on any atom is 0.257 e. The smallest absolute Gasteiger partial charge is 0.257 e. The summed E-state index contributed by atoms with van der Waals surface area (Å²) in [6.45, 7) is 6.67. The average Bonchev–Trinajstić information content (AvgIpc) is 2.29. The zero-order valence-corrected chi connectivity index (χ0v) is 11.4. The highest BCUT2D eigenvalue weighted by Gasteiger charge is 2.34. The van der Waals surface area contributed by atoms with E-state index in [1.54, 1.807) is 4.90 Å². The topological polar surface area (TPSA) is 70.0 Å². The van der Waals surface area contributed by atoms with Gasteiger partial charge in [0.05, 0.1) is 17.3 Å². The first kappa shape index (κ1) is 13.7. The number of nitrogens with zero attached hydrogens (tertiary/aromatic N) is 1. The zero-order chi connectivity index (χ0) is 14.2. The maximum atomic E-state index is 12.4. The van der Waals surface area contributed by atoms with Gasteiger partial charge in [-0.2, -0.15) is 0 Å². The Morgan fingerprint density at radius 1 is 1.42 bits per heavy atom. The average molecular weight is 265 g/mol. The molecule has 19 heavy (non-hydrogen) atoms. The van der Waals surface area contributed by atoms with E-state index in [2.05, 4.69) is 0 Å². The SMILES string of the molecule is CC1CN(C(=O)c2cccc(O)c2O)CC(C)(C)O1. The minimum atomic E-state index is -0.417. The lowest BCUT2D eigenvalue weighted by atomic mass is 10.0. The van der Waals surface area contributed by atoms with E-state index < -0.39 is 5.60 Å². The van der Waals surface area contributed by atoms with Crippen molar-refractivity contribution in [3.8, 4) is 11.5 Å². The van der Waals surface area contributed by atoms with Crippen LogP contribution in [-0.2, 0) is 4.74 Å². The minimum Gasteiger partial charge on any atom is -0.504 e. The van der Waals surface area contributed by atoms with Gasteiger partial charge < -0.3 is 19.8 Å². The standard InChI is InChI=1S/C14H19NO4/c1-9-7-15(8-14(2,3)19-9)13(18)10-5-4-6-11(16)12(10)17/h4-6,9,16-17H,7-8H2,1-3H3. The number of ether oxygens (including phenoxy) is 1. The number of phenols is 2. The Hall–Kier alpha value is -1.75. The summed E-state index contributed by atoms with van der Waals surface area (Å²) in [7, 11) is 0. The van der Waals surface area contributed by atoms with Crippen molar-refractivity contribution in [2.75, 3.05) is 13.1 Å². The molecule has 104 valence electrons. The molecule has 5 heteroatoms. The largest absolute Gasteiger partial charge is 0.504 e. The van der Waals surface area contributed by atoms with Gasteiger partial charge in [-0.3, -0.25) is 4.79 Å². The van der Waals surface area contributed by atoms with Crippen LogP contribution in [0.25, 0.3) is 0 Å². The molecular weight excluding hydrogens is 246 g/mol. The number of aromatic hydroxyl groups is 2. The van der Waals surface area contributed by atoms with Gasteiger partial charge in [0.25, 0.3) is 5.91 Å². The molecule has 2 rings (SSSR count). The van der Waals surface area contributed by atoms with Gasteiger partial charge in [0, 0.05) is 13.1 Å².